The van der Waals surface area contributed by atoms with E-state index >= 15 is 0 Å². The summed E-state index contributed by atoms with van der Waals surface area (Å²) in [6.45, 7) is 3.67. The summed E-state index contributed by atoms with van der Waals surface area (Å²) >= 11 is 0. The largest absolute Gasteiger partial charge is 0.329 e. The van der Waals surface area contributed by atoms with Gasteiger partial charge in [-0.2, -0.15) is 5.26 Å². The maximum absolute atomic E-state index is 11.9. The Morgan fingerprint density at radius 3 is 2.58 bits per heavy atom. The maximum atomic E-state index is 11.9. The van der Waals surface area contributed by atoms with Gasteiger partial charge in [0.1, 0.15) is 5.70 Å². The lowest BCUT2D eigenvalue weighted by Gasteiger charge is -2.06. The first-order chi connectivity index (χ1) is 9.15. The molecule has 1 N–H and O–H groups in total. The van der Waals surface area contributed by atoms with Gasteiger partial charge in [0.15, 0.2) is 0 Å². The molecule has 0 radical (unpaired) electrons. The van der Waals surface area contributed by atoms with Crippen molar-refractivity contribution in [2.24, 2.45) is 0 Å². The summed E-state index contributed by atoms with van der Waals surface area (Å²) in [6.07, 6.45) is 3.06. The van der Waals surface area contributed by atoms with E-state index in [4.69, 9.17) is 5.26 Å². The number of amides is 3. The SMILES string of the molecule is C=CCN1C(=O)NC(=Cc2ccc(C#N)cc2)C1=O. The van der Waals surface area contributed by atoms with E-state index in [0.29, 0.717) is 5.56 Å². The van der Waals surface area contributed by atoms with Crippen LogP contribution in [0.2, 0.25) is 0 Å². The van der Waals surface area contributed by atoms with Crippen LogP contribution < -0.4 is 5.32 Å². The van der Waals surface area contributed by atoms with E-state index in [9.17, 15) is 9.59 Å². The first-order valence-corrected chi connectivity index (χ1v) is 5.61. The molecule has 0 atom stereocenters. The van der Waals surface area contributed by atoms with E-state index in [1.54, 1.807) is 30.3 Å². The Morgan fingerprint density at radius 1 is 1.32 bits per heavy atom. The molecule has 94 valence electrons. The van der Waals surface area contributed by atoms with Crippen LogP contribution in [-0.4, -0.2) is 23.4 Å². The number of hydrogen-bond acceptors (Lipinski definition) is 3. The summed E-state index contributed by atoms with van der Waals surface area (Å²) in [5, 5.41) is 11.2. The molecule has 1 saturated heterocycles. The number of carbonyl (C=O) groups excluding carboxylic acids is 2. The molecule has 0 saturated carbocycles. The van der Waals surface area contributed by atoms with E-state index in [1.807, 2.05) is 6.07 Å². The first-order valence-electron chi connectivity index (χ1n) is 5.61. The highest BCUT2D eigenvalue weighted by Gasteiger charge is 2.32. The Morgan fingerprint density at radius 2 is 2.00 bits per heavy atom. The number of hydrogen-bond donors (Lipinski definition) is 1. The minimum Gasteiger partial charge on any atom is -0.303 e. The number of rotatable bonds is 3. The van der Waals surface area contributed by atoms with Gasteiger partial charge in [-0.25, -0.2) is 4.79 Å². The zero-order valence-electron chi connectivity index (χ0n) is 10.1. The molecular formula is C14H11N3O2. The van der Waals surface area contributed by atoms with Gasteiger partial charge in [0.05, 0.1) is 11.6 Å². The molecule has 2 rings (SSSR count). The van der Waals surface area contributed by atoms with Crippen molar-refractivity contribution in [3.05, 3.63) is 53.7 Å². The van der Waals surface area contributed by atoms with E-state index in [-0.39, 0.29) is 18.1 Å². The van der Waals surface area contributed by atoms with E-state index in [0.717, 1.165) is 10.5 Å². The van der Waals surface area contributed by atoms with Gasteiger partial charge in [-0.05, 0) is 23.8 Å². The van der Waals surface area contributed by atoms with Crippen molar-refractivity contribution >= 4 is 18.0 Å². The lowest BCUT2D eigenvalue weighted by atomic mass is 10.1. The predicted octanol–water partition coefficient (Wildman–Crippen LogP) is 1.64. The van der Waals surface area contributed by atoms with Gasteiger partial charge in [0, 0.05) is 6.54 Å². The number of nitriles is 1. The number of nitrogens with zero attached hydrogens (tertiary/aromatic N) is 2. The second-order valence-electron chi connectivity index (χ2n) is 3.93. The minimum atomic E-state index is -0.454. The minimum absolute atomic E-state index is 0.176. The Balaban J connectivity index is 2.24. The zero-order valence-corrected chi connectivity index (χ0v) is 10.1. The smallest absolute Gasteiger partial charge is 0.303 e. The molecule has 5 heteroatoms. The van der Waals surface area contributed by atoms with Gasteiger partial charge in [-0.1, -0.05) is 18.2 Å². The summed E-state index contributed by atoms with van der Waals surface area (Å²) in [7, 11) is 0. The highest BCUT2D eigenvalue weighted by molar-refractivity contribution is 6.14. The quantitative estimate of drug-likeness (QED) is 0.505. The number of nitrogens with one attached hydrogen (secondary N) is 1. The van der Waals surface area contributed by atoms with Crippen molar-refractivity contribution in [2.45, 2.75) is 0 Å². The third-order valence-corrected chi connectivity index (χ3v) is 2.62. The topological polar surface area (TPSA) is 73.2 Å². The number of urea groups is 1. The van der Waals surface area contributed by atoms with Crippen molar-refractivity contribution < 1.29 is 9.59 Å². The molecule has 1 heterocycles. The van der Waals surface area contributed by atoms with Crippen molar-refractivity contribution in [1.82, 2.24) is 10.2 Å². The highest BCUT2D eigenvalue weighted by atomic mass is 16.2. The van der Waals surface area contributed by atoms with Crippen LogP contribution in [0, 0.1) is 11.3 Å². The van der Waals surface area contributed by atoms with Gasteiger partial charge in [-0.15, -0.1) is 6.58 Å². The van der Waals surface area contributed by atoms with E-state index in [1.165, 1.54) is 6.08 Å². The van der Waals surface area contributed by atoms with E-state index < -0.39 is 6.03 Å². The van der Waals surface area contributed by atoms with Gasteiger partial charge in [0.25, 0.3) is 5.91 Å². The Bertz CT molecular complexity index is 609. The standard InChI is InChI=1S/C14H11N3O2/c1-2-7-17-13(18)12(16-14(17)19)8-10-3-5-11(9-15)6-4-10/h2-6,8H,1,7H2,(H,16,19). The fourth-order valence-electron chi connectivity index (χ4n) is 1.69. The summed E-state index contributed by atoms with van der Waals surface area (Å²) in [6, 6.07) is 8.27. The normalized spacial score (nSPS) is 16.4. The first kappa shape index (κ1) is 12.6. The molecule has 19 heavy (non-hydrogen) atoms. The van der Waals surface area contributed by atoms with Crippen molar-refractivity contribution in [1.29, 1.82) is 5.26 Å². The molecule has 0 unspecified atom stereocenters. The molecular weight excluding hydrogens is 242 g/mol. The van der Waals surface area contributed by atoms with Gasteiger partial charge < -0.3 is 5.32 Å². The maximum Gasteiger partial charge on any atom is 0.329 e. The van der Waals surface area contributed by atoms with Crippen LogP contribution in [0.5, 0.6) is 0 Å². The van der Waals surface area contributed by atoms with Crippen LogP contribution in [0.15, 0.2) is 42.6 Å². The fourth-order valence-corrected chi connectivity index (χ4v) is 1.69. The average Bonchev–Trinajstić information content (AvgIpc) is 2.68. The number of benzene rings is 1. The molecule has 1 aliphatic rings. The van der Waals surface area contributed by atoms with Crippen LogP contribution in [-0.2, 0) is 4.79 Å². The molecule has 3 amide bonds. The molecule has 1 aliphatic heterocycles. The summed E-state index contributed by atoms with van der Waals surface area (Å²) < 4.78 is 0. The molecule has 1 aromatic rings. The Hall–Kier alpha value is -2.87. The predicted molar refractivity (Wildman–Crippen MR) is 69.6 cm³/mol. The number of imide groups is 1. The van der Waals surface area contributed by atoms with Gasteiger partial charge in [0.2, 0.25) is 0 Å². The second kappa shape index (κ2) is 5.19. The lowest BCUT2D eigenvalue weighted by molar-refractivity contribution is -0.122. The Kier molecular flexibility index (Phi) is 3.44. The molecule has 1 fully saturated rings. The van der Waals surface area contributed by atoms with Gasteiger partial charge in [-0.3, -0.25) is 9.69 Å². The van der Waals surface area contributed by atoms with Crippen LogP contribution in [0.4, 0.5) is 4.79 Å². The Labute approximate surface area is 110 Å². The van der Waals surface area contributed by atoms with Crippen LogP contribution >= 0.6 is 0 Å². The molecule has 0 bridgehead atoms. The van der Waals surface area contributed by atoms with Crippen LogP contribution in [0.3, 0.4) is 0 Å². The monoisotopic (exact) mass is 253 g/mol. The molecule has 1 aromatic carbocycles. The van der Waals surface area contributed by atoms with Crippen LogP contribution in [0.1, 0.15) is 11.1 Å². The summed E-state index contributed by atoms with van der Waals surface area (Å²) in [4.78, 5) is 24.5. The zero-order chi connectivity index (χ0) is 13.8. The van der Waals surface area contributed by atoms with Crippen molar-refractivity contribution in [3.8, 4) is 6.07 Å². The van der Waals surface area contributed by atoms with Crippen LogP contribution in [0.25, 0.3) is 6.08 Å². The molecule has 0 aliphatic carbocycles. The summed E-state index contributed by atoms with van der Waals surface area (Å²) in [5.41, 5.74) is 1.50. The third kappa shape index (κ3) is 2.53. The third-order valence-electron chi connectivity index (χ3n) is 2.62. The second-order valence-corrected chi connectivity index (χ2v) is 3.93. The molecule has 0 aromatic heterocycles. The highest BCUT2D eigenvalue weighted by Crippen LogP contribution is 2.14. The van der Waals surface area contributed by atoms with Crippen molar-refractivity contribution in [2.75, 3.05) is 6.54 Å². The average molecular weight is 253 g/mol. The number of carbonyl (C=O) groups is 2. The van der Waals surface area contributed by atoms with Crippen molar-refractivity contribution in [3.63, 3.8) is 0 Å². The lowest BCUT2D eigenvalue weighted by Crippen LogP contribution is -2.30. The van der Waals surface area contributed by atoms with E-state index in [2.05, 4.69) is 11.9 Å². The molecule has 5 nitrogen and oxygen atoms in total. The fraction of sp³-hybridized carbons (Fsp3) is 0.0714. The molecule has 0 spiro atoms. The van der Waals surface area contributed by atoms with Gasteiger partial charge >= 0.3 is 6.03 Å². The summed E-state index contributed by atoms with van der Waals surface area (Å²) in [5.74, 6) is -0.380.